The second-order valence-corrected chi connectivity index (χ2v) is 3.92. The fourth-order valence-corrected chi connectivity index (χ4v) is 1.81. The predicted octanol–water partition coefficient (Wildman–Crippen LogP) is 1.64. The zero-order chi connectivity index (χ0) is 11.7. The zero-order valence-electron chi connectivity index (χ0n) is 9.05. The monoisotopic (exact) mass is 226 g/mol. The van der Waals surface area contributed by atoms with Crippen LogP contribution in [0.2, 0.25) is 0 Å². The van der Waals surface area contributed by atoms with E-state index in [0.29, 0.717) is 17.0 Å². The van der Waals surface area contributed by atoms with Crippen LogP contribution in [0, 0.1) is 11.3 Å². The maximum absolute atomic E-state index is 8.97. The van der Waals surface area contributed by atoms with Crippen LogP contribution >= 0.6 is 0 Å². The molecule has 0 unspecified atom stereocenters. The van der Waals surface area contributed by atoms with Gasteiger partial charge in [0.25, 0.3) is 0 Å². The number of hydrogen-bond donors (Lipinski definition) is 1. The Morgan fingerprint density at radius 2 is 2.41 bits per heavy atom. The number of rotatable bonds is 2. The molecule has 3 rings (SSSR count). The predicted molar refractivity (Wildman–Crippen MR) is 59.8 cm³/mol. The van der Waals surface area contributed by atoms with Gasteiger partial charge in [-0.15, -0.1) is 0 Å². The lowest BCUT2D eigenvalue weighted by molar-refractivity contribution is 0.282. The van der Waals surface area contributed by atoms with Crippen molar-refractivity contribution in [3.05, 3.63) is 35.9 Å². The molecule has 1 fully saturated rings. The minimum Gasteiger partial charge on any atom is -0.359 e. The van der Waals surface area contributed by atoms with Crippen molar-refractivity contribution in [1.29, 1.82) is 5.26 Å². The summed E-state index contributed by atoms with van der Waals surface area (Å²) in [5.74, 6) is 0.819. The first-order valence-electron chi connectivity index (χ1n) is 5.44. The lowest BCUT2D eigenvalue weighted by Gasteiger charge is -2.24. The van der Waals surface area contributed by atoms with Gasteiger partial charge in [0.2, 0.25) is 0 Å². The van der Waals surface area contributed by atoms with E-state index in [1.165, 1.54) is 0 Å². The van der Waals surface area contributed by atoms with E-state index in [0.717, 1.165) is 18.7 Å². The van der Waals surface area contributed by atoms with Gasteiger partial charge in [-0.3, -0.25) is 0 Å². The Morgan fingerprint density at radius 3 is 3.12 bits per heavy atom. The Balaban J connectivity index is 1.98. The van der Waals surface area contributed by atoms with Gasteiger partial charge < -0.3 is 9.84 Å². The van der Waals surface area contributed by atoms with Crippen molar-refractivity contribution >= 4 is 0 Å². The summed E-state index contributed by atoms with van der Waals surface area (Å²) in [5.41, 5.74) is 1.75. The minimum absolute atomic E-state index is 0.262. The molecule has 1 aliphatic rings. The first-order valence-corrected chi connectivity index (χ1v) is 5.44. The zero-order valence-corrected chi connectivity index (χ0v) is 9.05. The molecule has 84 valence electrons. The third kappa shape index (κ3) is 1.69. The van der Waals surface area contributed by atoms with E-state index in [1.54, 1.807) is 12.3 Å². The van der Waals surface area contributed by atoms with Crippen LogP contribution in [0.5, 0.6) is 0 Å². The van der Waals surface area contributed by atoms with E-state index in [2.05, 4.69) is 21.5 Å². The summed E-state index contributed by atoms with van der Waals surface area (Å²) >= 11 is 0. The quantitative estimate of drug-likeness (QED) is 0.842. The first-order chi connectivity index (χ1) is 8.38. The lowest BCUT2D eigenvalue weighted by atomic mass is 10.0. The van der Waals surface area contributed by atoms with E-state index in [1.807, 2.05) is 12.1 Å². The molecule has 0 bridgehead atoms. The average molecular weight is 226 g/mol. The maximum atomic E-state index is 8.97. The fourth-order valence-electron chi connectivity index (χ4n) is 1.81. The van der Waals surface area contributed by atoms with Crippen LogP contribution in [-0.4, -0.2) is 16.7 Å². The van der Waals surface area contributed by atoms with Crippen molar-refractivity contribution < 1.29 is 4.52 Å². The van der Waals surface area contributed by atoms with E-state index in [-0.39, 0.29) is 6.04 Å². The highest BCUT2D eigenvalue weighted by molar-refractivity contribution is 5.64. The summed E-state index contributed by atoms with van der Waals surface area (Å²) in [6.07, 6.45) is 2.66. The second-order valence-electron chi connectivity index (χ2n) is 3.92. The van der Waals surface area contributed by atoms with Gasteiger partial charge in [-0.2, -0.15) is 5.26 Å². The van der Waals surface area contributed by atoms with Crippen LogP contribution in [0.3, 0.4) is 0 Å². The molecule has 5 nitrogen and oxygen atoms in total. The number of nitriles is 1. The van der Waals surface area contributed by atoms with Gasteiger partial charge >= 0.3 is 0 Å². The summed E-state index contributed by atoms with van der Waals surface area (Å²) in [5, 5.41) is 16.2. The smallest absolute Gasteiger partial charge is 0.154 e. The molecule has 17 heavy (non-hydrogen) atoms. The molecule has 0 radical (unpaired) electrons. The maximum Gasteiger partial charge on any atom is 0.154 e. The van der Waals surface area contributed by atoms with Crippen molar-refractivity contribution in [1.82, 2.24) is 15.5 Å². The van der Waals surface area contributed by atoms with Gasteiger partial charge in [-0.25, -0.2) is 4.98 Å². The highest BCUT2D eigenvalue weighted by Crippen LogP contribution is 2.28. The molecular weight excluding hydrogens is 216 g/mol. The number of aromatic nitrogens is 2. The van der Waals surface area contributed by atoms with Crippen molar-refractivity contribution in [2.75, 3.05) is 6.54 Å². The largest absolute Gasteiger partial charge is 0.359 e. The van der Waals surface area contributed by atoms with E-state index in [9.17, 15) is 0 Å². The lowest BCUT2D eigenvalue weighted by Crippen LogP contribution is -2.34. The molecule has 0 aliphatic carbocycles. The summed E-state index contributed by atoms with van der Waals surface area (Å²) in [4.78, 5) is 4.00. The SMILES string of the molecule is N#Cc1ncccc1-c1cc([C@@H]2CCN2)on1. The average Bonchev–Trinajstić information content (AvgIpc) is 2.76. The highest BCUT2D eigenvalue weighted by atomic mass is 16.5. The highest BCUT2D eigenvalue weighted by Gasteiger charge is 2.23. The van der Waals surface area contributed by atoms with Gasteiger partial charge in [-0.05, 0) is 25.1 Å². The second kappa shape index (κ2) is 4.00. The Bertz CT molecular complexity index is 580. The summed E-state index contributed by atoms with van der Waals surface area (Å²) < 4.78 is 5.27. The van der Waals surface area contributed by atoms with E-state index >= 15 is 0 Å². The number of nitrogens with zero attached hydrogens (tertiary/aromatic N) is 3. The first kappa shape index (κ1) is 10.00. The van der Waals surface area contributed by atoms with Crippen LogP contribution in [0.1, 0.15) is 23.9 Å². The Labute approximate surface area is 98.1 Å². The molecular formula is C12H10N4O. The molecule has 1 atom stereocenters. The molecule has 2 aromatic rings. The Kier molecular flexibility index (Phi) is 2.35. The van der Waals surface area contributed by atoms with Crippen LogP contribution in [0.15, 0.2) is 28.9 Å². The molecule has 3 heterocycles. The topological polar surface area (TPSA) is 74.7 Å². The third-order valence-corrected chi connectivity index (χ3v) is 2.89. The molecule has 5 heteroatoms. The molecule has 0 amide bonds. The molecule has 1 aliphatic heterocycles. The standard InChI is InChI=1S/C12H10N4O/c13-7-11-8(2-1-4-14-11)10-6-12(17-16-10)9-3-5-15-9/h1-2,4,6,9,15H,3,5H2/t9-/m0/s1. The molecule has 1 saturated heterocycles. The number of hydrogen-bond acceptors (Lipinski definition) is 5. The summed E-state index contributed by atoms with van der Waals surface area (Å²) in [6, 6.07) is 7.79. The van der Waals surface area contributed by atoms with E-state index < -0.39 is 0 Å². The van der Waals surface area contributed by atoms with Crippen LogP contribution in [0.25, 0.3) is 11.3 Å². The van der Waals surface area contributed by atoms with Crippen molar-refractivity contribution in [2.45, 2.75) is 12.5 Å². The normalized spacial score (nSPS) is 18.4. The van der Waals surface area contributed by atoms with Gasteiger partial charge in [0.05, 0.1) is 6.04 Å². The number of pyridine rings is 1. The van der Waals surface area contributed by atoms with Gasteiger partial charge in [0.1, 0.15) is 17.5 Å². The van der Waals surface area contributed by atoms with Crippen molar-refractivity contribution in [3.63, 3.8) is 0 Å². The molecule has 0 aromatic carbocycles. The van der Waals surface area contributed by atoms with Crippen LogP contribution < -0.4 is 5.32 Å². The molecule has 1 N–H and O–H groups in total. The Morgan fingerprint density at radius 1 is 1.53 bits per heavy atom. The van der Waals surface area contributed by atoms with Crippen molar-refractivity contribution in [2.24, 2.45) is 0 Å². The fraction of sp³-hybridized carbons (Fsp3) is 0.250. The van der Waals surface area contributed by atoms with Crippen LogP contribution in [0.4, 0.5) is 0 Å². The molecule has 2 aromatic heterocycles. The Hall–Kier alpha value is -2.19. The third-order valence-electron chi connectivity index (χ3n) is 2.89. The molecule has 0 spiro atoms. The van der Waals surface area contributed by atoms with E-state index in [4.69, 9.17) is 9.78 Å². The molecule has 0 saturated carbocycles. The summed E-state index contributed by atoms with van der Waals surface area (Å²) in [7, 11) is 0. The number of nitrogens with one attached hydrogen (secondary N) is 1. The van der Waals surface area contributed by atoms with Gasteiger partial charge in [-0.1, -0.05) is 5.16 Å². The summed E-state index contributed by atoms with van der Waals surface area (Å²) in [6.45, 7) is 1.01. The van der Waals surface area contributed by atoms with Gasteiger partial charge in [0, 0.05) is 17.8 Å². The van der Waals surface area contributed by atoms with Gasteiger partial charge in [0.15, 0.2) is 5.76 Å². The van der Waals surface area contributed by atoms with Crippen LogP contribution in [-0.2, 0) is 0 Å². The van der Waals surface area contributed by atoms with Crippen molar-refractivity contribution in [3.8, 4) is 17.3 Å². The minimum atomic E-state index is 0.262.